The number of rotatable bonds is 12. The van der Waals surface area contributed by atoms with Gasteiger partial charge in [-0.3, -0.25) is 29.8 Å². The number of fused-ring (bicyclic) bond motifs is 3. The first-order valence-electron chi connectivity index (χ1n) is 15.7. The molecule has 0 atom stereocenters. The third-order valence-electron chi connectivity index (χ3n) is 8.37. The van der Waals surface area contributed by atoms with E-state index in [1.165, 1.54) is 25.1 Å². The van der Waals surface area contributed by atoms with Crippen molar-refractivity contribution in [2.24, 2.45) is 28.1 Å². The summed E-state index contributed by atoms with van der Waals surface area (Å²) < 4.78 is 1.70. The molecule has 254 valence electrons. The van der Waals surface area contributed by atoms with Gasteiger partial charge in [0.2, 0.25) is 17.6 Å². The van der Waals surface area contributed by atoms with Crippen molar-refractivity contribution in [2.75, 3.05) is 0 Å². The lowest BCUT2D eigenvalue weighted by Gasteiger charge is -2.24. The maximum atomic E-state index is 14.0. The monoisotopic (exact) mass is 663 g/mol. The Morgan fingerprint density at radius 2 is 1.44 bits per heavy atom. The van der Waals surface area contributed by atoms with Gasteiger partial charge in [-0.05, 0) is 51.0 Å². The molecule has 0 radical (unpaired) electrons. The summed E-state index contributed by atoms with van der Waals surface area (Å²) in [5.74, 6) is -4.08. The number of oxime groups is 2. The standard InChI is InChI=1S/C33H37N5O10/c1-7-36-26-13-10-21(31(40)28(35-48-33(42)18(4)5)20-8-11-23(12-9-20)37(43)44)14-24(26)25-15-22(16-27(29(25)36)38(45)46)30(39)19(6)34-47-32(41)17(2)3/h10,13-18,20,23H,7-9,11-12H2,1-6H3/b34-19+,35-28+. The third kappa shape index (κ3) is 7.29. The van der Waals surface area contributed by atoms with Gasteiger partial charge in [-0.1, -0.05) is 38.0 Å². The highest BCUT2D eigenvalue weighted by molar-refractivity contribution is 6.47. The normalized spacial score (nSPS) is 17.2. The van der Waals surface area contributed by atoms with Crippen LogP contribution in [0, 0.1) is 38.0 Å². The molecular formula is C33H37N5O10. The molecule has 1 heterocycles. The van der Waals surface area contributed by atoms with Crippen molar-refractivity contribution in [3.05, 3.63) is 61.7 Å². The van der Waals surface area contributed by atoms with Crippen LogP contribution in [0.2, 0.25) is 0 Å². The summed E-state index contributed by atoms with van der Waals surface area (Å²) >= 11 is 0. The Morgan fingerprint density at radius 3 is 1.98 bits per heavy atom. The first-order chi connectivity index (χ1) is 22.7. The lowest BCUT2D eigenvalue weighted by atomic mass is 9.81. The molecule has 4 rings (SSSR count). The predicted octanol–water partition coefficient (Wildman–Crippen LogP) is 6.05. The second kappa shape index (κ2) is 14.6. The number of hydrogen-bond acceptors (Lipinski definition) is 12. The molecule has 0 unspecified atom stereocenters. The number of aryl methyl sites for hydroxylation is 1. The first kappa shape index (κ1) is 35.5. The van der Waals surface area contributed by atoms with Gasteiger partial charge in [0, 0.05) is 63.7 Å². The fourth-order valence-electron chi connectivity index (χ4n) is 5.63. The highest BCUT2D eigenvalue weighted by Gasteiger charge is 2.35. The van der Waals surface area contributed by atoms with E-state index in [4.69, 9.17) is 9.68 Å². The number of aromatic nitrogens is 1. The fraction of sp³-hybridized carbons (Fsp3) is 0.455. The van der Waals surface area contributed by atoms with E-state index in [1.807, 2.05) is 0 Å². The summed E-state index contributed by atoms with van der Waals surface area (Å²) in [5, 5.41) is 32.0. The Hall–Kier alpha value is -5.34. The summed E-state index contributed by atoms with van der Waals surface area (Å²) in [5.41, 5.74) is 0.269. The van der Waals surface area contributed by atoms with Gasteiger partial charge in [0.25, 0.3) is 5.69 Å². The molecule has 0 N–H and O–H groups in total. The lowest BCUT2D eigenvalue weighted by molar-refractivity contribution is -0.526. The second-order valence-electron chi connectivity index (χ2n) is 12.4. The van der Waals surface area contributed by atoms with Gasteiger partial charge in [-0.2, -0.15) is 0 Å². The number of Topliss-reactive ketones (excluding diaryl/α,β-unsaturated/α-hetero) is 2. The molecule has 0 spiro atoms. The topological polar surface area (TPSA) is 203 Å². The van der Waals surface area contributed by atoms with E-state index in [0.717, 1.165) is 6.07 Å². The van der Waals surface area contributed by atoms with E-state index >= 15 is 0 Å². The number of non-ortho nitro benzene ring substituents is 1. The van der Waals surface area contributed by atoms with Crippen molar-refractivity contribution in [1.29, 1.82) is 0 Å². The van der Waals surface area contributed by atoms with Gasteiger partial charge < -0.3 is 14.2 Å². The van der Waals surface area contributed by atoms with Gasteiger partial charge >= 0.3 is 11.9 Å². The van der Waals surface area contributed by atoms with Gasteiger partial charge in [-0.25, -0.2) is 9.59 Å². The molecule has 3 aromatic rings. The third-order valence-corrected chi connectivity index (χ3v) is 8.37. The Bertz CT molecular complexity index is 1880. The van der Waals surface area contributed by atoms with Crippen molar-refractivity contribution < 1.29 is 38.7 Å². The van der Waals surface area contributed by atoms with E-state index in [1.54, 1.807) is 45.3 Å². The van der Waals surface area contributed by atoms with E-state index in [2.05, 4.69) is 10.3 Å². The Balaban J connectivity index is 1.85. The average Bonchev–Trinajstić information content (AvgIpc) is 3.38. The van der Waals surface area contributed by atoms with Crippen LogP contribution >= 0.6 is 0 Å². The van der Waals surface area contributed by atoms with Gasteiger partial charge in [0.15, 0.2) is 0 Å². The summed E-state index contributed by atoms with van der Waals surface area (Å²) in [6, 6.07) is 6.58. The number of carbonyl (C=O) groups is 4. The quantitative estimate of drug-likeness (QED) is 0.0721. The molecule has 1 saturated carbocycles. The number of nitrogens with zero attached hydrogens (tertiary/aromatic N) is 5. The maximum Gasteiger partial charge on any atom is 0.337 e. The number of benzene rings is 2. The average molecular weight is 664 g/mol. The van der Waals surface area contributed by atoms with E-state index in [0.29, 0.717) is 22.8 Å². The Labute approximate surface area is 275 Å². The van der Waals surface area contributed by atoms with Crippen LogP contribution in [0.25, 0.3) is 21.8 Å². The summed E-state index contributed by atoms with van der Waals surface area (Å²) in [6.45, 7) is 9.88. The highest BCUT2D eigenvalue weighted by atomic mass is 16.7. The molecule has 1 aliphatic rings. The van der Waals surface area contributed by atoms with Crippen molar-refractivity contribution >= 4 is 62.4 Å². The summed E-state index contributed by atoms with van der Waals surface area (Å²) in [4.78, 5) is 84.1. The second-order valence-corrected chi connectivity index (χ2v) is 12.4. The van der Waals surface area contributed by atoms with Crippen LogP contribution in [0.5, 0.6) is 0 Å². The minimum atomic E-state index is -0.740. The minimum absolute atomic E-state index is 0.0472. The zero-order valence-corrected chi connectivity index (χ0v) is 27.6. The van der Waals surface area contributed by atoms with Crippen LogP contribution in [0.15, 0.2) is 40.6 Å². The lowest BCUT2D eigenvalue weighted by Crippen LogP contribution is -2.33. The molecule has 0 saturated heterocycles. The molecule has 1 fully saturated rings. The Morgan fingerprint density at radius 1 is 0.854 bits per heavy atom. The minimum Gasteiger partial charge on any atom is -0.335 e. The largest absolute Gasteiger partial charge is 0.337 e. The SMILES string of the molecule is CCn1c2ccc(C(=O)/C(=N/OC(=O)C(C)C)C3CCC([N+](=O)[O-])CC3)cc2c2cc(C(=O)/C(C)=N/OC(=O)C(C)C)cc([N+](=O)[O-])c21. The van der Waals surface area contributed by atoms with Crippen molar-refractivity contribution in [3.63, 3.8) is 0 Å². The number of ketones is 2. The number of carbonyl (C=O) groups excluding carboxylic acids is 4. The maximum absolute atomic E-state index is 14.0. The number of nitro benzene ring substituents is 1. The van der Waals surface area contributed by atoms with E-state index < -0.39 is 52.2 Å². The van der Waals surface area contributed by atoms with E-state index in [-0.39, 0.29) is 64.4 Å². The van der Waals surface area contributed by atoms with E-state index in [9.17, 15) is 39.4 Å². The van der Waals surface area contributed by atoms with Crippen molar-refractivity contribution in [1.82, 2.24) is 4.57 Å². The van der Waals surface area contributed by atoms with Crippen molar-refractivity contribution in [3.8, 4) is 0 Å². The zero-order chi connectivity index (χ0) is 35.4. The molecule has 0 aliphatic heterocycles. The van der Waals surface area contributed by atoms with Crippen LogP contribution in [0.1, 0.15) is 87.9 Å². The predicted molar refractivity (Wildman–Crippen MR) is 176 cm³/mol. The van der Waals surface area contributed by atoms with Gasteiger partial charge in [0.1, 0.15) is 16.9 Å². The molecule has 1 aliphatic carbocycles. The van der Waals surface area contributed by atoms with Crippen LogP contribution in [-0.4, -0.2) is 55.4 Å². The fourth-order valence-corrected chi connectivity index (χ4v) is 5.63. The van der Waals surface area contributed by atoms with Crippen LogP contribution in [0.4, 0.5) is 5.69 Å². The Kier molecular flexibility index (Phi) is 10.8. The molecule has 0 bridgehead atoms. The number of nitro groups is 2. The smallest absolute Gasteiger partial charge is 0.335 e. The molecular weight excluding hydrogens is 626 g/mol. The van der Waals surface area contributed by atoms with Crippen molar-refractivity contribution in [2.45, 2.75) is 79.8 Å². The molecule has 48 heavy (non-hydrogen) atoms. The highest BCUT2D eigenvalue weighted by Crippen LogP contribution is 2.37. The molecule has 2 aromatic carbocycles. The first-order valence-corrected chi connectivity index (χ1v) is 15.7. The summed E-state index contributed by atoms with van der Waals surface area (Å²) in [7, 11) is 0. The molecule has 1 aromatic heterocycles. The van der Waals surface area contributed by atoms with Gasteiger partial charge in [-0.15, -0.1) is 0 Å². The molecule has 15 heteroatoms. The molecule has 15 nitrogen and oxygen atoms in total. The van der Waals surface area contributed by atoms with Crippen LogP contribution in [-0.2, 0) is 25.8 Å². The summed E-state index contributed by atoms with van der Waals surface area (Å²) in [6.07, 6.45) is 1.03. The zero-order valence-electron chi connectivity index (χ0n) is 27.6. The van der Waals surface area contributed by atoms with Crippen LogP contribution < -0.4 is 0 Å². The van der Waals surface area contributed by atoms with Gasteiger partial charge in [0.05, 0.1) is 16.8 Å². The van der Waals surface area contributed by atoms with Crippen LogP contribution in [0.3, 0.4) is 0 Å². The number of hydrogen-bond donors (Lipinski definition) is 0. The molecule has 0 amide bonds.